The highest BCUT2D eigenvalue weighted by Gasteiger charge is 2.27. The van der Waals surface area contributed by atoms with Crippen LogP contribution in [0.25, 0.3) is 55.6 Å². The van der Waals surface area contributed by atoms with E-state index in [-0.39, 0.29) is 0 Å². The summed E-state index contributed by atoms with van der Waals surface area (Å²) >= 11 is 0. The Bertz CT molecular complexity index is 2300. The first-order valence-electron chi connectivity index (χ1n) is 14.3. The molecule has 6 nitrogen and oxygen atoms in total. The first kappa shape index (κ1) is 23.7. The Labute approximate surface area is 247 Å². The molecule has 0 aliphatic carbocycles. The van der Waals surface area contributed by atoms with Crippen molar-refractivity contribution in [2.24, 2.45) is 0 Å². The molecule has 5 aromatic carbocycles. The van der Waals surface area contributed by atoms with Crippen molar-refractivity contribution in [2.75, 3.05) is 4.90 Å². The molecule has 6 heteroatoms. The van der Waals surface area contributed by atoms with Crippen molar-refractivity contribution in [3.05, 3.63) is 146 Å². The molecule has 202 valence electrons. The van der Waals surface area contributed by atoms with Crippen LogP contribution in [0.1, 0.15) is 0 Å². The topological polar surface area (TPSA) is 51.8 Å². The van der Waals surface area contributed by atoms with E-state index in [2.05, 4.69) is 135 Å². The Morgan fingerprint density at radius 1 is 0.488 bits per heavy atom. The summed E-state index contributed by atoms with van der Waals surface area (Å²) in [6.45, 7) is 0. The van der Waals surface area contributed by atoms with Gasteiger partial charge in [-0.15, -0.1) is 5.10 Å². The van der Waals surface area contributed by atoms with Gasteiger partial charge in [-0.05, 0) is 59.7 Å². The van der Waals surface area contributed by atoms with Crippen molar-refractivity contribution >= 4 is 38.9 Å². The van der Waals surface area contributed by atoms with Gasteiger partial charge in [0, 0.05) is 33.8 Å². The van der Waals surface area contributed by atoms with Gasteiger partial charge < -0.3 is 4.90 Å². The standard InChI is InChI=1S/C37H24N6/c1-2-10-28-27(9-1)29-11-3-5-13-33(29)42(35-23-25(16-18-31(28)35)41-22-21-39-40-41)26-17-19-32-30-12-4-6-14-34(30)43(36(32)24-26)37-15-7-8-20-38-37/h1-24H. The van der Waals surface area contributed by atoms with Crippen molar-refractivity contribution in [1.82, 2.24) is 24.5 Å². The van der Waals surface area contributed by atoms with Crippen LogP contribution in [0, 0.1) is 0 Å². The normalized spacial score (nSPS) is 12.1. The predicted octanol–water partition coefficient (Wildman–Crippen LogP) is 8.88. The zero-order valence-corrected chi connectivity index (χ0v) is 23.0. The van der Waals surface area contributed by atoms with Crippen LogP contribution in [0.2, 0.25) is 0 Å². The van der Waals surface area contributed by atoms with Gasteiger partial charge in [0.05, 0.1) is 40.5 Å². The second-order valence-electron chi connectivity index (χ2n) is 10.7. The van der Waals surface area contributed by atoms with E-state index in [4.69, 9.17) is 4.98 Å². The zero-order valence-electron chi connectivity index (χ0n) is 23.0. The summed E-state index contributed by atoms with van der Waals surface area (Å²) in [7, 11) is 0. The Kier molecular flexibility index (Phi) is 5.10. The van der Waals surface area contributed by atoms with Crippen LogP contribution in [0.15, 0.2) is 146 Å². The highest BCUT2D eigenvalue weighted by Crippen LogP contribution is 2.51. The highest BCUT2D eigenvalue weighted by molar-refractivity contribution is 6.11. The number of hydrogen-bond donors (Lipinski definition) is 0. The van der Waals surface area contributed by atoms with E-state index >= 15 is 0 Å². The lowest BCUT2D eigenvalue weighted by Crippen LogP contribution is -2.12. The van der Waals surface area contributed by atoms with Crippen molar-refractivity contribution < 1.29 is 0 Å². The first-order chi connectivity index (χ1) is 21.3. The SMILES string of the molecule is c1ccc(-n2c3ccccc3c3ccc(N4c5ccccc5-c5ccccc5-c5ccc(-n6ccnn6)cc54)cc32)nc1. The molecule has 0 bridgehead atoms. The smallest absolute Gasteiger partial charge is 0.137 e. The lowest BCUT2D eigenvalue weighted by atomic mass is 9.94. The molecule has 0 radical (unpaired) electrons. The van der Waals surface area contributed by atoms with Crippen molar-refractivity contribution in [3.63, 3.8) is 0 Å². The minimum Gasteiger partial charge on any atom is -0.309 e. The molecule has 0 fully saturated rings. The summed E-state index contributed by atoms with van der Waals surface area (Å²) in [4.78, 5) is 7.13. The summed E-state index contributed by atoms with van der Waals surface area (Å²) in [5.74, 6) is 0.892. The van der Waals surface area contributed by atoms with Gasteiger partial charge in [0.25, 0.3) is 0 Å². The number of anilines is 3. The van der Waals surface area contributed by atoms with E-state index in [0.717, 1.165) is 45.2 Å². The van der Waals surface area contributed by atoms with Crippen molar-refractivity contribution in [2.45, 2.75) is 0 Å². The molecule has 0 amide bonds. The quantitative estimate of drug-likeness (QED) is 0.220. The number of para-hydroxylation sites is 2. The van der Waals surface area contributed by atoms with Gasteiger partial charge in [0.2, 0.25) is 0 Å². The van der Waals surface area contributed by atoms with Gasteiger partial charge in [-0.2, -0.15) is 0 Å². The largest absolute Gasteiger partial charge is 0.309 e. The molecule has 0 unspecified atom stereocenters. The molecular formula is C37H24N6. The van der Waals surface area contributed by atoms with Gasteiger partial charge in [-0.25, -0.2) is 9.67 Å². The van der Waals surface area contributed by atoms with Crippen molar-refractivity contribution in [1.29, 1.82) is 0 Å². The second kappa shape index (κ2) is 9.26. The van der Waals surface area contributed by atoms with Crippen LogP contribution in [-0.2, 0) is 0 Å². The summed E-state index contributed by atoms with van der Waals surface area (Å²) < 4.78 is 4.07. The number of fused-ring (bicyclic) bond motifs is 8. The maximum absolute atomic E-state index is 4.75. The van der Waals surface area contributed by atoms with Gasteiger partial charge in [0.1, 0.15) is 5.82 Å². The van der Waals surface area contributed by atoms with E-state index in [1.807, 2.05) is 29.2 Å². The van der Waals surface area contributed by atoms with E-state index in [0.29, 0.717) is 0 Å². The molecule has 0 saturated heterocycles. The number of hydrogen-bond acceptors (Lipinski definition) is 4. The van der Waals surface area contributed by atoms with E-state index < -0.39 is 0 Å². The molecular weight excluding hydrogens is 528 g/mol. The van der Waals surface area contributed by atoms with Crippen LogP contribution in [0.4, 0.5) is 17.1 Å². The van der Waals surface area contributed by atoms with Gasteiger partial charge in [-0.3, -0.25) is 4.57 Å². The highest BCUT2D eigenvalue weighted by atomic mass is 15.4. The molecule has 9 rings (SSSR count). The average molecular weight is 553 g/mol. The first-order valence-corrected chi connectivity index (χ1v) is 14.3. The van der Waals surface area contributed by atoms with Crippen LogP contribution >= 0.6 is 0 Å². The number of aromatic nitrogens is 5. The Hall–Kier alpha value is -6.01. The number of pyridine rings is 1. The van der Waals surface area contributed by atoms with Crippen molar-refractivity contribution in [3.8, 4) is 33.8 Å². The molecule has 1 aliphatic rings. The zero-order chi connectivity index (χ0) is 28.3. The van der Waals surface area contributed by atoms with E-state index in [9.17, 15) is 0 Å². The third-order valence-electron chi connectivity index (χ3n) is 8.36. The number of nitrogens with zero attached hydrogens (tertiary/aromatic N) is 6. The molecule has 3 aromatic heterocycles. The van der Waals surface area contributed by atoms with Crippen LogP contribution in [-0.4, -0.2) is 24.5 Å². The van der Waals surface area contributed by atoms with Gasteiger partial charge >= 0.3 is 0 Å². The van der Waals surface area contributed by atoms with E-state index in [1.54, 1.807) is 6.20 Å². The monoisotopic (exact) mass is 552 g/mol. The molecule has 0 saturated carbocycles. The molecule has 43 heavy (non-hydrogen) atoms. The number of rotatable bonds is 3. The van der Waals surface area contributed by atoms with E-state index in [1.165, 1.54) is 27.5 Å². The molecule has 0 atom stereocenters. The molecule has 8 aromatic rings. The average Bonchev–Trinajstić information content (AvgIpc) is 3.70. The minimum atomic E-state index is 0.892. The fourth-order valence-electron chi connectivity index (χ4n) is 6.51. The van der Waals surface area contributed by atoms with Gasteiger partial charge in [0.15, 0.2) is 0 Å². The summed E-state index contributed by atoms with van der Waals surface area (Å²) in [5, 5.41) is 10.7. The number of benzene rings is 5. The maximum Gasteiger partial charge on any atom is 0.137 e. The molecule has 1 aliphatic heterocycles. The maximum atomic E-state index is 4.75. The fraction of sp³-hybridized carbons (Fsp3) is 0. The van der Waals surface area contributed by atoms with Crippen LogP contribution in [0.5, 0.6) is 0 Å². The van der Waals surface area contributed by atoms with Gasteiger partial charge in [-0.1, -0.05) is 84.1 Å². The van der Waals surface area contributed by atoms with Crippen LogP contribution < -0.4 is 4.90 Å². The summed E-state index contributed by atoms with van der Waals surface area (Å²) in [5.41, 5.74) is 11.2. The minimum absolute atomic E-state index is 0.892. The third kappa shape index (κ3) is 3.57. The van der Waals surface area contributed by atoms with Crippen LogP contribution in [0.3, 0.4) is 0 Å². The Morgan fingerprint density at radius 3 is 2.02 bits per heavy atom. The summed E-state index contributed by atoms with van der Waals surface area (Å²) in [6.07, 6.45) is 5.43. The molecule has 4 heterocycles. The lowest BCUT2D eigenvalue weighted by Gasteiger charge is -2.28. The lowest BCUT2D eigenvalue weighted by molar-refractivity contribution is 0.803. The second-order valence-corrected chi connectivity index (χ2v) is 10.7. The third-order valence-corrected chi connectivity index (χ3v) is 8.36. The Balaban J connectivity index is 1.37. The molecule has 0 spiro atoms. The predicted molar refractivity (Wildman–Crippen MR) is 173 cm³/mol. The summed E-state index contributed by atoms with van der Waals surface area (Å²) in [6, 6.07) is 45.2. The molecule has 0 N–H and O–H groups in total. The fourth-order valence-corrected chi connectivity index (χ4v) is 6.51. The Morgan fingerprint density at radius 2 is 1.21 bits per heavy atom.